The van der Waals surface area contributed by atoms with Crippen molar-refractivity contribution in [3.63, 3.8) is 0 Å². The molecule has 2 heteroatoms. The Balaban J connectivity index is 0.000000558. The highest BCUT2D eigenvalue weighted by Crippen LogP contribution is 2.38. The highest BCUT2D eigenvalue weighted by atomic mass is 16.3. The minimum atomic E-state index is 0.913. The second kappa shape index (κ2) is 11.3. The van der Waals surface area contributed by atoms with Gasteiger partial charge in [0.05, 0.1) is 11.0 Å². The van der Waals surface area contributed by atoms with Crippen LogP contribution in [0.25, 0.3) is 71.7 Å². The van der Waals surface area contributed by atoms with E-state index in [-0.39, 0.29) is 0 Å². The molecular formula is C41H31NO. The third-order valence-corrected chi connectivity index (χ3v) is 7.93. The first kappa shape index (κ1) is 26.3. The summed E-state index contributed by atoms with van der Waals surface area (Å²) >= 11 is 0. The van der Waals surface area contributed by atoms with Gasteiger partial charge in [-0.05, 0) is 83.8 Å². The Bertz CT molecular complexity index is 2250. The fourth-order valence-electron chi connectivity index (χ4n) is 5.91. The van der Waals surface area contributed by atoms with Gasteiger partial charge in [0.1, 0.15) is 11.2 Å². The smallest absolute Gasteiger partial charge is 0.135 e. The average molecular weight is 554 g/mol. The number of nitrogens with zero attached hydrogens (tertiary/aromatic N) is 1. The van der Waals surface area contributed by atoms with E-state index < -0.39 is 0 Å². The Labute approximate surface area is 251 Å². The lowest BCUT2D eigenvalue weighted by Gasteiger charge is -2.08. The predicted molar refractivity (Wildman–Crippen MR) is 184 cm³/mol. The molecule has 0 unspecified atom stereocenters. The van der Waals surface area contributed by atoms with E-state index in [0.29, 0.717) is 0 Å². The second-order valence-electron chi connectivity index (χ2n) is 10.6. The molecule has 0 radical (unpaired) electrons. The Morgan fingerprint density at radius 3 is 1.67 bits per heavy atom. The van der Waals surface area contributed by atoms with Crippen LogP contribution >= 0.6 is 0 Å². The summed E-state index contributed by atoms with van der Waals surface area (Å²) in [4.78, 5) is 0. The summed E-state index contributed by atoms with van der Waals surface area (Å²) in [6.07, 6.45) is 5.58. The first-order chi connectivity index (χ1) is 21.2. The van der Waals surface area contributed by atoms with Crippen LogP contribution in [0.3, 0.4) is 0 Å². The van der Waals surface area contributed by atoms with Crippen LogP contribution in [0.1, 0.15) is 6.92 Å². The van der Waals surface area contributed by atoms with Gasteiger partial charge in [-0.2, -0.15) is 0 Å². The number of fused-ring (bicyclic) bond motifs is 6. The molecule has 2 heterocycles. The van der Waals surface area contributed by atoms with E-state index in [1.807, 2.05) is 19.1 Å². The van der Waals surface area contributed by atoms with Crippen molar-refractivity contribution in [2.75, 3.05) is 0 Å². The number of allylic oxidation sites excluding steroid dienone is 3. The van der Waals surface area contributed by atoms with Crippen molar-refractivity contribution in [3.05, 3.63) is 164 Å². The molecule has 43 heavy (non-hydrogen) atoms. The molecule has 0 saturated carbocycles. The van der Waals surface area contributed by atoms with Gasteiger partial charge in [0.25, 0.3) is 0 Å². The molecule has 0 bridgehead atoms. The van der Waals surface area contributed by atoms with E-state index in [4.69, 9.17) is 4.42 Å². The normalized spacial score (nSPS) is 11.4. The minimum absolute atomic E-state index is 0.913. The molecule has 6 aromatic carbocycles. The molecule has 0 aliphatic heterocycles. The molecule has 206 valence electrons. The van der Waals surface area contributed by atoms with E-state index in [0.717, 1.165) is 21.9 Å². The number of hydrogen-bond donors (Lipinski definition) is 0. The van der Waals surface area contributed by atoms with Gasteiger partial charge in [0, 0.05) is 27.2 Å². The third kappa shape index (κ3) is 4.83. The average Bonchev–Trinajstić information content (AvgIpc) is 3.61. The number of para-hydroxylation sites is 2. The molecule has 8 rings (SSSR count). The van der Waals surface area contributed by atoms with Gasteiger partial charge in [0.2, 0.25) is 0 Å². The molecule has 8 aromatic rings. The number of furan rings is 1. The molecule has 0 aliphatic rings. The summed E-state index contributed by atoms with van der Waals surface area (Å²) in [6, 6.07) is 49.6. The van der Waals surface area contributed by atoms with Crippen molar-refractivity contribution >= 4 is 43.7 Å². The number of rotatable bonds is 4. The van der Waals surface area contributed by atoms with E-state index in [2.05, 4.69) is 151 Å². The van der Waals surface area contributed by atoms with E-state index in [1.54, 1.807) is 6.08 Å². The van der Waals surface area contributed by atoms with Crippen molar-refractivity contribution in [2.45, 2.75) is 6.92 Å². The molecule has 0 atom stereocenters. The maximum Gasteiger partial charge on any atom is 0.135 e. The Morgan fingerprint density at radius 1 is 0.512 bits per heavy atom. The van der Waals surface area contributed by atoms with Crippen molar-refractivity contribution in [3.8, 4) is 27.9 Å². The first-order valence-corrected chi connectivity index (χ1v) is 14.6. The van der Waals surface area contributed by atoms with Gasteiger partial charge < -0.3 is 8.98 Å². The maximum absolute atomic E-state index is 6.21. The number of benzene rings is 6. The van der Waals surface area contributed by atoms with Crippen LogP contribution in [0.15, 0.2) is 169 Å². The molecule has 0 fully saturated rings. The lowest BCUT2D eigenvalue weighted by Crippen LogP contribution is -1.92. The zero-order valence-corrected chi connectivity index (χ0v) is 24.1. The van der Waals surface area contributed by atoms with Gasteiger partial charge >= 0.3 is 0 Å². The molecule has 0 N–H and O–H groups in total. The standard InChI is InChI=1S/C36H23NO.C5H8/c1-3-9-24(10-4-1)25-16-19-35-31(22-25)32-23-27(17-20-36(32)38-35)26-15-18-34-30(21-26)29-13-7-8-14-33(29)37(34)28-11-5-2-6-12-28;1-3-5-4-2/h1-23H;3-5H,1H2,2H3/b;5-4-. The molecule has 0 spiro atoms. The van der Waals surface area contributed by atoms with Gasteiger partial charge in [0.15, 0.2) is 0 Å². The van der Waals surface area contributed by atoms with Crippen LogP contribution in [0.5, 0.6) is 0 Å². The summed E-state index contributed by atoms with van der Waals surface area (Å²) in [5.41, 5.74) is 10.2. The molecular weight excluding hydrogens is 522 g/mol. The summed E-state index contributed by atoms with van der Waals surface area (Å²) in [6.45, 7) is 5.42. The second-order valence-corrected chi connectivity index (χ2v) is 10.6. The Morgan fingerprint density at radius 2 is 1.05 bits per heavy atom. The van der Waals surface area contributed by atoms with Crippen LogP contribution in [0, 0.1) is 0 Å². The zero-order chi connectivity index (χ0) is 29.2. The van der Waals surface area contributed by atoms with Crippen molar-refractivity contribution in [1.29, 1.82) is 0 Å². The van der Waals surface area contributed by atoms with Crippen LogP contribution in [0.2, 0.25) is 0 Å². The highest BCUT2D eigenvalue weighted by Gasteiger charge is 2.14. The van der Waals surface area contributed by atoms with Crippen molar-refractivity contribution in [1.82, 2.24) is 4.57 Å². The topological polar surface area (TPSA) is 18.1 Å². The van der Waals surface area contributed by atoms with Gasteiger partial charge in [-0.3, -0.25) is 0 Å². The van der Waals surface area contributed by atoms with Crippen molar-refractivity contribution in [2.24, 2.45) is 0 Å². The summed E-state index contributed by atoms with van der Waals surface area (Å²) in [5.74, 6) is 0. The lowest BCUT2D eigenvalue weighted by molar-refractivity contribution is 0.669. The fourth-order valence-corrected chi connectivity index (χ4v) is 5.91. The van der Waals surface area contributed by atoms with Crippen LogP contribution < -0.4 is 0 Å². The van der Waals surface area contributed by atoms with Gasteiger partial charge in [-0.25, -0.2) is 0 Å². The Hall–Kier alpha value is -5.60. The zero-order valence-electron chi connectivity index (χ0n) is 24.1. The van der Waals surface area contributed by atoms with E-state index >= 15 is 0 Å². The third-order valence-electron chi connectivity index (χ3n) is 7.93. The molecule has 2 nitrogen and oxygen atoms in total. The largest absolute Gasteiger partial charge is 0.456 e. The van der Waals surface area contributed by atoms with E-state index in [1.165, 1.54) is 49.7 Å². The summed E-state index contributed by atoms with van der Waals surface area (Å²) in [7, 11) is 0. The number of hydrogen-bond acceptors (Lipinski definition) is 1. The van der Waals surface area contributed by atoms with Crippen molar-refractivity contribution < 1.29 is 4.42 Å². The van der Waals surface area contributed by atoms with Crippen LogP contribution in [-0.2, 0) is 0 Å². The summed E-state index contributed by atoms with van der Waals surface area (Å²) in [5, 5.41) is 4.80. The molecule has 0 aliphatic carbocycles. The van der Waals surface area contributed by atoms with Crippen LogP contribution in [-0.4, -0.2) is 4.57 Å². The predicted octanol–water partition coefficient (Wildman–Crippen LogP) is 11.8. The monoisotopic (exact) mass is 553 g/mol. The molecule has 0 saturated heterocycles. The fraction of sp³-hybridized carbons (Fsp3) is 0.0244. The highest BCUT2D eigenvalue weighted by molar-refractivity contribution is 6.11. The number of aromatic nitrogens is 1. The summed E-state index contributed by atoms with van der Waals surface area (Å²) < 4.78 is 8.56. The molecule has 2 aromatic heterocycles. The lowest BCUT2D eigenvalue weighted by atomic mass is 9.99. The quantitative estimate of drug-likeness (QED) is 0.198. The van der Waals surface area contributed by atoms with Gasteiger partial charge in [-0.15, -0.1) is 0 Å². The molecule has 0 amide bonds. The maximum atomic E-state index is 6.21. The van der Waals surface area contributed by atoms with Crippen LogP contribution in [0.4, 0.5) is 0 Å². The first-order valence-electron chi connectivity index (χ1n) is 14.6. The SMILES string of the molecule is C=C/C=C\C.c1ccc(-c2ccc3oc4ccc(-c5ccc6c(c5)c5ccccc5n6-c5ccccc5)cc4c3c2)cc1. The Kier molecular flexibility index (Phi) is 6.94. The van der Waals surface area contributed by atoms with E-state index in [9.17, 15) is 0 Å². The minimum Gasteiger partial charge on any atom is -0.456 e. The van der Waals surface area contributed by atoms with Gasteiger partial charge in [-0.1, -0.05) is 110 Å².